The van der Waals surface area contributed by atoms with Crippen molar-refractivity contribution in [2.45, 2.75) is 25.4 Å². The van der Waals surface area contributed by atoms with E-state index >= 15 is 0 Å². The maximum Gasteiger partial charge on any atom is 0.233 e. The second-order valence-electron chi connectivity index (χ2n) is 5.42. The lowest BCUT2D eigenvalue weighted by Crippen LogP contribution is -2.46. The van der Waals surface area contributed by atoms with Gasteiger partial charge >= 0.3 is 0 Å². The topological polar surface area (TPSA) is 75.6 Å². The molecule has 6 heteroatoms. The van der Waals surface area contributed by atoms with Crippen molar-refractivity contribution in [1.82, 2.24) is 4.72 Å². The molecule has 0 aliphatic carbocycles. The number of ether oxygens (including phenoxy) is 1. The van der Waals surface area contributed by atoms with Crippen molar-refractivity contribution in [2.75, 3.05) is 19.8 Å². The third-order valence-corrected chi connectivity index (χ3v) is 4.58. The fourth-order valence-electron chi connectivity index (χ4n) is 2.06. The Morgan fingerprint density at radius 2 is 1.90 bits per heavy atom. The van der Waals surface area contributed by atoms with Crippen molar-refractivity contribution >= 4 is 16.1 Å². The molecule has 1 heterocycles. The minimum Gasteiger partial charge on any atom is -0.388 e. The van der Waals surface area contributed by atoms with E-state index in [1.54, 1.807) is 0 Å². The van der Waals surface area contributed by atoms with E-state index in [0.29, 0.717) is 26.1 Å². The molecule has 0 radical (unpaired) electrons. The summed E-state index contributed by atoms with van der Waals surface area (Å²) in [4.78, 5) is 0. The van der Waals surface area contributed by atoms with Crippen LogP contribution in [0, 0.1) is 6.92 Å². The standard InChI is InChI=1S/C15H21NO4S/c1-13-2-4-14(5-3-13)6-11-21(18,19)16-12-15(17)7-9-20-10-8-15/h2-6,11,16-17H,7-10,12H2,1H3/b11-6+. The Hall–Kier alpha value is -1.21. The zero-order valence-corrected chi connectivity index (χ0v) is 12.9. The summed E-state index contributed by atoms with van der Waals surface area (Å²) in [5, 5.41) is 11.3. The summed E-state index contributed by atoms with van der Waals surface area (Å²) in [6.45, 7) is 2.90. The number of hydrogen-bond acceptors (Lipinski definition) is 4. The Morgan fingerprint density at radius 3 is 2.52 bits per heavy atom. The number of sulfonamides is 1. The van der Waals surface area contributed by atoms with E-state index in [1.165, 1.54) is 6.08 Å². The van der Waals surface area contributed by atoms with Crippen molar-refractivity contribution in [1.29, 1.82) is 0 Å². The first kappa shape index (κ1) is 16.2. The molecule has 1 fully saturated rings. The highest BCUT2D eigenvalue weighted by Crippen LogP contribution is 2.19. The molecule has 2 rings (SSSR count). The van der Waals surface area contributed by atoms with Crippen LogP contribution in [0.15, 0.2) is 29.7 Å². The van der Waals surface area contributed by atoms with Crippen LogP contribution in [0.4, 0.5) is 0 Å². The van der Waals surface area contributed by atoms with Crippen molar-refractivity contribution in [2.24, 2.45) is 0 Å². The van der Waals surface area contributed by atoms with Gasteiger partial charge in [0.25, 0.3) is 0 Å². The predicted octanol–water partition coefficient (Wildman–Crippen LogP) is 1.43. The van der Waals surface area contributed by atoms with Crippen LogP contribution in [0.2, 0.25) is 0 Å². The summed E-state index contributed by atoms with van der Waals surface area (Å²) in [7, 11) is -3.56. The fourth-order valence-corrected chi connectivity index (χ4v) is 2.96. The van der Waals surface area contributed by atoms with E-state index in [0.717, 1.165) is 16.5 Å². The molecule has 1 saturated heterocycles. The van der Waals surface area contributed by atoms with Crippen LogP contribution in [0.3, 0.4) is 0 Å². The molecule has 0 bridgehead atoms. The van der Waals surface area contributed by atoms with Gasteiger partial charge in [-0.3, -0.25) is 0 Å². The lowest BCUT2D eigenvalue weighted by Gasteiger charge is -2.31. The number of benzene rings is 1. The summed E-state index contributed by atoms with van der Waals surface area (Å²) in [5.74, 6) is 0. The molecule has 0 amide bonds. The van der Waals surface area contributed by atoms with E-state index in [2.05, 4.69) is 4.72 Å². The van der Waals surface area contributed by atoms with Gasteiger partial charge in [0.2, 0.25) is 10.0 Å². The molecule has 21 heavy (non-hydrogen) atoms. The van der Waals surface area contributed by atoms with Crippen LogP contribution in [-0.2, 0) is 14.8 Å². The van der Waals surface area contributed by atoms with Gasteiger partial charge in [0.1, 0.15) is 0 Å². The first-order chi connectivity index (χ1) is 9.89. The number of aryl methyl sites for hydroxylation is 1. The average Bonchev–Trinajstić information content (AvgIpc) is 2.46. The monoisotopic (exact) mass is 311 g/mol. The summed E-state index contributed by atoms with van der Waals surface area (Å²) in [6, 6.07) is 7.55. The van der Waals surface area contributed by atoms with Crippen LogP contribution >= 0.6 is 0 Å². The largest absolute Gasteiger partial charge is 0.388 e. The predicted molar refractivity (Wildman–Crippen MR) is 82.1 cm³/mol. The summed E-state index contributed by atoms with van der Waals surface area (Å²) < 4.78 is 31.4. The molecule has 2 N–H and O–H groups in total. The Labute approximate surface area is 125 Å². The van der Waals surface area contributed by atoms with Crippen molar-refractivity contribution in [3.63, 3.8) is 0 Å². The number of aliphatic hydroxyl groups is 1. The Morgan fingerprint density at radius 1 is 1.29 bits per heavy atom. The summed E-state index contributed by atoms with van der Waals surface area (Å²) in [5.41, 5.74) is 0.925. The molecule has 5 nitrogen and oxygen atoms in total. The van der Waals surface area contributed by atoms with Crippen molar-refractivity contribution in [3.05, 3.63) is 40.8 Å². The van der Waals surface area contributed by atoms with Gasteiger partial charge in [-0.25, -0.2) is 13.1 Å². The molecule has 0 unspecified atom stereocenters. The Kier molecular flexibility index (Phi) is 5.16. The highest BCUT2D eigenvalue weighted by Gasteiger charge is 2.30. The molecule has 1 aromatic rings. The van der Waals surface area contributed by atoms with Gasteiger partial charge in [0, 0.05) is 38.0 Å². The zero-order chi connectivity index (χ0) is 15.3. The molecular formula is C15H21NO4S. The third kappa shape index (κ3) is 5.24. The highest BCUT2D eigenvalue weighted by atomic mass is 32.2. The molecule has 0 aromatic heterocycles. The second kappa shape index (κ2) is 6.70. The van der Waals surface area contributed by atoms with Crippen LogP contribution in [0.5, 0.6) is 0 Å². The van der Waals surface area contributed by atoms with E-state index in [-0.39, 0.29) is 6.54 Å². The minimum absolute atomic E-state index is 0.0108. The maximum absolute atomic E-state index is 11.9. The minimum atomic E-state index is -3.56. The normalized spacial score (nSPS) is 19.0. The van der Waals surface area contributed by atoms with Crippen LogP contribution in [-0.4, -0.2) is 38.9 Å². The molecule has 1 aromatic carbocycles. The van der Waals surface area contributed by atoms with Crippen LogP contribution in [0.1, 0.15) is 24.0 Å². The maximum atomic E-state index is 11.9. The van der Waals surface area contributed by atoms with E-state index in [4.69, 9.17) is 4.74 Å². The lowest BCUT2D eigenvalue weighted by atomic mass is 9.95. The number of rotatable bonds is 5. The first-order valence-electron chi connectivity index (χ1n) is 6.93. The lowest BCUT2D eigenvalue weighted by molar-refractivity contribution is -0.0588. The summed E-state index contributed by atoms with van der Waals surface area (Å²) in [6.07, 6.45) is 2.42. The smallest absolute Gasteiger partial charge is 0.233 e. The quantitative estimate of drug-likeness (QED) is 0.862. The SMILES string of the molecule is Cc1ccc(/C=C/S(=O)(=O)NCC2(O)CCOCC2)cc1. The highest BCUT2D eigenvalue weighted by molar-refractivity contribution is 7.92. The molecule has 0 atom stereocenters. The van der Waals surface area contributed by atoms with Gasteiger partial charge in [-0.05, 0) is 18.6 Å². The molecule has 0 saturated carbocycles. The van der Waals surface area contributed by atoms with E-state index in [1.807, 2.05) is 31.2 Å². The van der Waals surface area contributed by atoms with Gasteiger partial charge in [0.15, 0.2) is 0 Å². The third-order valence-electron chi connectivity index (χ3n) is 3.54. The summed E-state index contributed by atoms with van der Waals surface area (Å²) >= 11 is 0. The Bertz CT molecular complexity index is 587. The number of nitrogens with one attached hydrogen (secondary N) is 1. The van der Waals surface area contributed by atoms with Gasteiger partial charge in [-0.15, -0.1) is 0 Å². The molecule has 116 valence electrons. The van der Waals surface area contributed by atoms with Crippen molar-refractivity contribution in [3.8, 4) is 0 Å². The zero-order valence-electron chi connectivity index (χ0n) is 12.1. The molecule has 1 aliphatic rings. The van der Waals surface area contributed by atoms with Crippen molar-refractivity contribution < 1.29 is 18.3 Å². The molecule has 1 aliphatic heterocycles. The first-order valence-corrected chi connectivity index (χ1v) is 8.48. The van der Waals surface area contributed by atoms with Gasteiger partial charge in [0.05, 0.1) is 5.60 Å². The number of hydrogen-bond donors (Lipinski definition) is 2. The molecule has 0 spiro atoms. The second-order valence-corrected chi connectivity index (χ2v) is 7.07. The van der Waals surface area contributed by atoms with Gasteiger partial charge < -0.3 is 9.84 Å². The van der Waals surface area contributed by atoms with Crippen LogP contribution in [0.25, 0.3) is 6.08 Å². The average molecular weight is 311 g/mol. The Balaban J connectivity index is 1.93. The van der Waals surface area contributed by atoms with E-state index < -0.39 is 15.6 Å². The fraction of sp³-hybridized carbons (Fsp3) is 0.467. The molecular weight excluding hydrogens is 290 g/mol. The van der Waals surface area contributed by atoms with Gasteiger partial charge in [-0.1, -0.05) is 29.8 Å². The van der Waals surface area contributed by atoms with E-state index in [9.17, 15) is 13.5 Å². The van der Waals surface area contributed by atoms with Gasteiger partial charge in [-0.2, -0.15) is 0 Å². The van der Waals surface area contributed by atoms with Crippen LogP contribution < -0.4 is 4.72 Å².